The molecule has 1 aromatic rings. The predicted molar refractivity (Wildman–Crippen MR) is 53.5 cm³/mol. The van der Waals surface area contributed by atoms with Crippen LogP contribution in [-0.2, 0) is 16.0 Å². The van der Waals surface area contributed by atoms with Crippen LogP contribution in [0.2, 0.25) is 0 Å². The zero-order chi connectivity index (χ0) is 10.2. The molecule has 1 amide bonds. The molecule has 1 N–H and O–H groups in total. The van der Waals surface area contributed by atoms with Crippen molar-refractivity contribution >= 4 is 12.2 Å². The van der Waals surface area contributed by atoms with E-state index >= 15 is 0 Å². The smallest absolute Gasteiger partial charge is 0.220 e. The average molecular weight is 190 g/mol. The summed E-state index contributed by atoms with van der Waals surface area (Å²) in [5, 5.41) is 2.44. The fraction of sp³-hybridized carbons (Fsp3) is 0.273. The van der Waals surface area contributed by atoms with Crippen LogP contribution in [0.5, 0.6) is 0 Å². The highest BCUT2D eigenvalue weighted by Gasteiger charge is 2.00. The Labute approximate surface area is 83.1 Å². The number of carbonyl (C=O) groups is 1. The van der Waals surface area contributed by atoms with Gasteiger partial charge in [0, 0.05) is 6.42 Å². The largest absolute Gasteiger partial charge is 0.349 e. The van der Waals surface area contributed by atoms with Crippen molar-refractivity contribution in [3.05, 3.63) is 35.9 Å². The molecule has 3 nitrogen and oxygen atoms in total. The van der Waals surface area contributed by atoms with Crippen molar-refractivity contribution in [3.8, 4) is 0 Å². The molecule has 73 valence electrons. The van der Waals surface area contributed by atoms with Gasteiger partial charge in [0.15, 0.2) is 0 Å². The Morgan fingerprint density at radius 1 is 1.29 bits per heavy atom. The molecule has 14 heavy (non-hydrogen) atoms. The fourth-order valence-electron chi connectivity index (χ4n) is 1.13. The lowest BCUT2D eigenvalue weighted by molar-refractivity contribution is -0.120. The van der Waals surface area contributed by atoms with E-state index in [0.29, 0.717) is 12.8 Å². The van der Waals surface area contributed by atoms with Crippen molar-refractivity contribution in [1.29, 1.82) is 0 Å². The Balaban J connectivity index is 2.27. The van der Waals surface area contributed by atoms with Crippen molar-refractivity contribution in [2.75, 3.05) is 6.54 Å². The van der Waals surface area contributed by atoms with Gasteiger partial charge in [0.05, 0.1) is 6.54 Å². The topological polar surface area (TPSA) is 46.2 Å². The first-order valence-electron chi connectivity index (χ1n) is 4.48. The molecular formula is C11H12NO2. The average Bonchev–Trinajstić information content (AvgIpc) is 2.25. The van der Waals surface area contributed by atoms with E-state index in [0.717, 1.165) is 5.56 Å². The van der Waals surface area contributed by atoms with Gasteiger partial charge in [-0.2, -0.15) is 0 Å². The van der Waals surface area contributed by atoms with Crippen LogP contribution in [0.15, 0.2) is 30.3 Å². The predicted octanol–water partition coefficient (Wildman–Crippen LogP) is 0.845. The zero-order valence-electron chi connectivity index (χ0n) is 7.82. The fourth-order valence-corrected chi connectivity index (χ4v) is 1.13. The molecule has 1 aromatic carbocycles. The van der Waals surface area contributed by atoms with Gasteiger partial charge in [0.25, 0.3) is 0 Å². The minimum Gasteiger partial charge on any atom is -0.349 e. The van der Waals surface area contributed by atoms with Crippen LogP contribution in [0, 0.1) is 0 Å². The van der Waals surface area contributed by atoms with Crippen LogP contribution in [-0.4, -0.2) is 18.7 Å². The Kier molecular flexibility index (Phi) is 4.41. The molecule has 0 fully saturated rings. The van der Waals surface area contributed by atoms with Crippen LogP contribution in [0.1, 0.15) is 12.0 Å². The van der Waals surface area contributed by atoms with Gasteiger partial charge in [0.1, 0.15) is 0 Å². The molecule has 0 bridgehead atoms. The third kappa shape index (κ3) is 3.85. The minimum absolute atomic E-state index is 0.0202. The van der Waals surface area contributed by atoms with Crippen LogP contribution in [0.4, 0.5) is 0 Å². The van der Waals surface area contributed by atoms with Gasteiger partial charge in [0.2, 0.25) is 12.2 Å². The standard InChI is InChI=1S/C11H12NO2/c13-9-8-12-11(14)7-6-10-4-2-1-3-5-10/h1-5H,6-8H2,(H,12,14). The second kappa shape index (κ2) is 5.91. The number of rotatable bonds is 5. The van der Waals surface area contributed by atoms with Crippen LogP contribution in [0.25, 0.3) is 0 Å². The summed E-state index contributed by atoms with van der Waals surface area (Å²) in [5.74, 6) is -0.114. The molecule has 0 saturated carbocycles. The van der Waals surface area contributed by atoms with E-state index in [9.17, 15) is 9.59 Å². The molecule has 0 aliphatic carbocycles. The van der Waals surface area contributed by atoms with Crippen molar-refractivity contribution in [2.24, 2.45) is 0 Å². The summed E-state index contributed by atoms with van der Waals surface area (Å²) in [4.78, 5) is 20.9. The number of aryl methyl sites for hydroxylation is 1. The number of carbonyl (C=O) groups excluding carboxylic acids is 2. The lowest BCUT2D eigenvalue weighted by Crippen LogP contribution is -2.25. The van der Waals surface area contributed by atoms with Gasteiger partial charge in [-0.1, -0.05) is 30.3 Å². The van der Waals surface area contributed by atoms with Gasteiger partial charge in [-0.15, -0.1) is 0 Å². The minimum atomic E-state index is -0.114. The Bertz CT molecular complexity index is 295. The quantitative estimate of drug-likeness (QED) is 0.748. The van der Waals surface area contributed by atoms with E-state index in [-0.39, 0.29) is 12.5 Å². The van der Waals surface area contributed by atoms with Crippen molar-refractivity contribution in [2.45, 2.75) is 12.8 Å². The first kappa shape index (κ1) is 10.4. The molecule has 1 radical (unpaired) electrons. The Morgan fingerprint density at radius 3 is 2.64 bits per heavy atom. The van der Waals surface area contributed by atoms with E-state index in [4.69, 9.17) is 0 Å². The summed E-state index contributed by atoms with van der Waals surface area (Å²) in [6.07, 6.45) is 2.72. The lowest BCUT2D eigenvalue weighted by Gasteiger charge is -2.01. The number of amides is 1. The van der Waals surface area contributed by atoms with E-state index in [1.807, 2.05) is 30.3 Å². The summed E-state index contributed by atoms with van der Waals surface area (Å²) in [7, 11) is 0. The molecule has 0 heterocycles. The summed E-state index contributed by atoms with van der Waals surface area (Å²) >= 11 is 0. The first-order valence-corrected chi connectivity index (χ1v) is 4.48. The molecule has 0 saturated heterocycles. The molecule has 0 aliphatic heterocycles. The Morgan fingerprint density at radius 2 is 2.00 bits per heavy atom. The number of hydrogen-bond donors (Lipinski definition) is 1. The zero-order valence-corrected chi connectivity index (χ0v) is 7.82. The van der Waals surface area contributed by atoms with E-state index < -0.39 is 0 Å². The van der Waals surface area contributed by atoms with Gasteiger partial charge < -0.3 is 5.32 Å². The molecule has 0 unspecified atom stereocenters. The first-order chi connectivity index (χ1) is 6.83. The lowest BCUT2D eigenvalue weighted by atomic mass is 10.1. The Hall–Kier alpha value is -1.64. The van der Waals surface area contributed by atoms with Crippen LogP contribution in [0.3, 0.4) is 0 Å². The third-order valence-corrected chi connectivity index (χ3v) is 1.84. The highest BCUT2D eigenvalue weighted by atomic mass is 16.2. The van der Waals surface area contributed by atoms with Crippen molar-refractivity contribution < 1.29 is 9.59 Å². The van der Waals surface area contributed by atoms with E-state index in [1.165, 1.54) is 0 Å². The number of nitrogens with one attached hydrogen (secondary N) is 1. The summed E-state index contributed by atoms with van der Waals surface area (Å²) in [5.41, 5.74) is 1.12. The van der Waals surface area contributed by atoms with Gasteiger partial charge >= 0.3 is 0 Å². The van der Waals surface area contributed by atoms with E-state index in [1.54, 1.807) is 6.29 Å². The SMILES string of the molecule is O=[C]CNC(=O)CCc1ccccc1. The monoisotopic (exact) mass is 190 g/mol. The number of benzene rings is 1. The second-order valence-corrected chi connectivity index (χ2v) is 2.91. The van der Waals surface area contributed by atoms with Crippen molar-refractivity contribution in [3.63, 3.8) is 0 Å². The maximum atomic E-state index is 11.1. The van der Waals surface area contributed by atoms with Crippen LogP contribution >= 0.6 is 0 Å². The third-order valence-electron chi connectivity index (χ3n) is 1.84. The summed E-state index contributed by atoms with van der Waals surface area (Å²) in [6.45, 7) is -0.0202. The molecule has 0 aromatic heterocycles. The van der Waals surface area contributed by atoms with Crippen LogP contribution < -0.4 is 5.32 Å². The highest BCUT2D eigenvalue weighted by Crippen LogP contribution is 2.01. The number of hydrogen-bond acceptors (Lipinski definition) is 2. The maximum Gasteiger partial charge on any atom is 0.220 e. The molecule has 1 rings (SSSR count). The molecule has 0 aliphatic rings. The molecule has 0 spiro atoms. The summed E-state index contributed by atoms with van der Waals surface area (Å²) < 4.78 is 0. The maximum absolute atomic E-state index is 11.1. The van der Waals surface area contributed by atoms with E-state index in [2.05, 4.69) is 5.32 Å². The highest BCUT2D eigenvalue weighted by molar-refractivity contribution is 5.78. The normalized spacial score (nSPS) is 9.43. The molecule has 0 atom stereocenters. The molecule has 3 heteroatoms. The second-order valence-electron chi connectivity index (χ2n) is 2.91. The van der Waals surface area contributed by atoms with Crippen molar-refractivity contribution in [1.82, 2.24) is 5.32 Å². The van der Waals surface area contributed by atoms with Gasteiger partial charge in [-0.25, -0.2) is 0 Å². The van der Waals surface area contributed by atoms with Gasteiger partial charge in [-0.05, 0) is 12.0 Å². The molecular weight excluding hydrogens is 178 g/mol. The summed E-state index contributed by atoms with van der Waals surface area (Å²) in [6, 6.07) is 9.75. The van der Waals surface area contributed by atoms with Gasteiger partial charge in [-0.3, -0.25) is 9.59 Å².